The van der Waals surface area contributed by atoms with Gasteiger partial charge in [0.25, 0.3) is 0 Å². The van der Waals surface area contributed by atoms with Gasteiger partial charge in [0.2, 0.25) is 5.91 Å². The zero-order chi connectivity index (χ0) is 21.9. The topological polar surface area (TPSA) is 22.0 Å². The van der Waals surface area contributed by atoms with Crippen LogP contribution in [0, 0.1) is 5.92 Å². The molecular weight excluding hydrogens is 402 g/mol. The van der Waals surface area contributed by atoms with E-state index in [1.54, 1.807) is 0 Å². The summed E-state index contributed by atoms with van der Waals surface area (Å²) < 4.78 is 1.98. The number of carbonyl (C=O) groups is 1. The Morgan fingerprint density at radius 3 is 2.15 bits per heavy atom. The van der Waals surface area contributed by atoms with Gasteiger partial charge in [-0.15, -0.1) is 0 Å². The molecule has 0 fully saturated rings. The fourth-order valence-electron chi connectivity index (χ4n) is 5.50. The molecule has 2 aliphatic rings. The Hall–Kier alpha value is -4.17. The molecule has 33 heavy (non-hydrogen) atoms. The quantitative estimate of drug-likeness (QED) is 0.285. The van der Waals surface area contributed by atoms with Gasteiger partial charge in [-0.1, -0.05) is 85.0 Å². The maximum Gasteiger partial charge on any atom is 0.239 e. The number of nitrogens with zero attached hydrogens (tertiary/aromatic N) is 1. The molecule has 0 spiro atoms. The van der Waals surface area contributed by atoms with E-state index in [9.17, 15) is 4.79 Å². The molecule has 0 radical (unpaired) electrons. The van der Waals surface area contributed by atoms with Crippen molar-refractivity contribution in [2.75, 3.05) is 0 Å². The summed E-state index contributed by atoms with van der Waals surface area (Å²) in [5, 5.41) is 2.27. The predicted octanol–water partition coefficient (Wildman–Crippen LogP) is 7.74. The lowest BCUT2D eigenvalue weighted by molar-refractivity contribution is 0.0874. The minimum Gasteiger partial charge on any atom is -0.279 e. The lowest BCUT2D eigenvalue weighted by Crippen LogP contribution is -2.27. The van der Waals surface area contributed by atoms with Crippen LogP contribution >= 0.6 is 0 Å². The van der Waals surface area contributed by atoms with E-state index < -0.39 is 0 Å². The van der Waals surface area contributed by atoms with Crippen molar-refractivity contribution in [2.24, 2.45) is 5.92 Å². The number of rotatable bonds is 2. The van der Waals surface area contributed by atoms with E-state index in [1.165, 1.54) is 27.8 Å². The van der Waals surface area contributed by atoms with E-state index in [0.29, 0.717) is 0 Å². The van der Waals surface area contributed by atoms with Gasteiger partial charge < -0.3 is 0 Å². The summed E-state index contributed by atoms with van der Waals surface area (Å²) in [6, 6.07) is 32.0. The van der Waals surface area contributed by atoms with Gasteiger partial charge in [-0.3, -0.25) is 9.36 Å². The summed E-state index contributed by atoms with van der Waals surface area (Å²) in [5.41, 5.74) is 9.08. The molecule has 2 heterocycles. The molecule has 0 amide bonds. The van der Waals surface area contributed by atoms with Crippen LogP contribution in [0.1, 0.15) is 16.8 Å². The van der Waals surface area contributed by atoms with Crippen molar-refractivity contribution < 1.29 is 4.79 Å². The van der Waals surface area contributed by atoms with Gasteiger partial charge in [0.15, 0.2) is 0 Å². The average molecular weight is 424 g/mol. The lowest BCUT2D eigenvalue weighted by atomic mass is 9.82. The first kappa shape index (κ1) is 18.4. The van der Waals surface area contributed by atoms with E-state index in [1.807, 2.05) is 16.7 Å². The molecule has 0 saturated carbocycles. The molecule has 1 aliphatic heterocycles. The summed E-state index contributed by atoms with van der Waals surface area (Å²) in [6.07, 6.45) is 7.08. The van der Waals surface area contributed by atoms with Crippen LogP contribution in [0.3, 0.4) is 0 Å². The summed E-state index contributed by atoms with van der Waals surface area (Å²) >= 11 is 0. The molecule has 0 N–H and O–H groups in total. The lowest BCUT2D eigenvalue weighted by Gasteiger charge is -2.28. The van der Waals surface area contributed by atoms with Gasteiger partial charge in [0, 0.05) is 16.3 Å². The van der Waals surface area contributed by atoms with Gasteiger partial charge in [0.1, 0.15) is 0 Å². The van der Waals surface area contributed by atoms with Crippen LogP contribution in [0.25, 0.3) is 49.6 Å². The first-order valence-corrected chi connectivity index (χ1v) is 11.4. The molecule has 156 valence electrons. The number of hydrogen-bond acceptors (Lipinski definition) is 1. The highest BCUT2D eigenvalue weighted by atomic mass is 16.2. The zero-order valence-corrected chi connectivity index (χ0v) is 18.0. The van der Waals surface area contributed by atoms with Crippen molar-refractivity contribution in [2.45, 2.75) is 6.42 Å². The number of hydrogen-bond donors (Lipinski definition) is 0. The Balaban J connectivity index is 1.61. The van der Waals surface area contributed by atoms with Crippen molar-refractivity contribution in [3.8, 4) is 22.3 Å². The highest BCUT2D eigenvalue weighted by Crippen LogP contribution is 2.46. The molecule has 5 aromatic rings. The molecule has 7 rings (SSSR count). The second kappa shape index (κ2) is 6.91. The van der Waals surface area contributed by atoms with Crippen molar-refractivity contribution in [3.05, 3.63) is 115 Å². The van der Waals surface area contributed by atoms with Crippen LogP contribution in [0.2, 0.25) is 0 Å². The Bertz CT molecular complexity index is 1640. The highest BCUT2D eigenvalue weighted by molar-refractivity contribution is 6.22. The van der Waals surface area contributed by atoms with Gasteiger partial charge in [-0.2, -0.15) is 0 Å². The maximum atomic E-state index is 13.7. The van der Waals surface area contributed by atoms with Crippen LogP contribution in [-0.4, -0.2) is 10.5 Å². The first-order chi connectivity index (χ1) is 16.3. The molecule has 1 atom stereocenters. The first-order valence-electron chi connectivity index (χ1n) is 11.4. The summed E-state index contributed by atoms with van der Waals surface area (Å²) in [6.45, 7) is 0. The number of fused-ring (bicyclic) bond motifs is 5. The third kappa shape index (κ3) is 2.64. The Kier molecular flexibility index (Phi) is 3.86. The molecule has 0 bridgehead atoms. The maximum absolute atomic E-state index is 13.7. The smallest absolute Gasteiger partial charge is 0.239 e. The Morgan fingerprint density at radius 1 is 0.697 bits per heavy atom. The van der Waals surface area contributed by atoms with Gasteiger partial charge >= 0.3 is 0 Å². The van der Waals surface area contributed by atoms with E-state index in [-0.39, 0.29) is 11.8 Å². The molecule has 1 aliphatic carbocycles. The van der Waals surface area contributed by atoms with Crippen LogP contribution in [0.4, 0.5) is 0 Å². The average Bonchev–Trinajstić information content (AvgIpc) is 3.22. The molecular formula is C31H21NO. The van der Waals surface area contributed by atoms with Gasteiger partial charge in [-0.05, 0) is 58.5 Å². The number of benzene rings is 4. The van der Waals surface area contributed by atoms with Crippen LogP contribution < -0.4 is 0 Å². The minimum absolute atomic E-state index is 0.124. The highest BCUT2D eigenvalue weighted by Gasteiger charge is 2.35. The Morgan fingerprint density at radius 2 is 1.39 bits per heavy atom. The van der Waals surface area contributed by atoms with Crippen LogP contribution in [-0.2, 0) is 0 Å². The van der Waals surface area contributed by atoms with Crippen molar-refractivity contribution >= 4 is 33.3 Å². The second-order valence-corrected chi connectivity index (χ2v) is 8.90. The molecule has 1 unspecified atom stereocenters. The standard InChI is InChI=1S/C31H21NO/c33-31-25-14-8-7-13-24(25)27-18-23(21-11-5-2-6-12-21)19-28-26-17-22(20-9-3-1-4-10-20)15-16-29(26)32(31)30(27)28/h1-13,15-19,25H,14H2. The van der Waals surface area contributed by atoms with E-state index >= 15 is 0 Å². The Labute approximate surface area is 192 Å². The third-order valence-corrected chi connectivity index (χ3v) is 7.06. The van der Waals surface area contributed by atoms with Crippen LogP contribution in [0.15, 0.2) is 109 Å². The summed E-state index contributed by atoms with van der Waals surface area (Å²) in [5.74, 6) is 0.0548. The fraction of sp³-hybridized carbons (Fsp3) is 0.0645. The van der Waals surface area contributed by atoms with Gasteiger partial charge in [0.05, 0.1) is 17.0 Å². The van der Waals surface area contributed by atoms with E-state index in [2.05, 4.69) is 97.1 Å². The van der Waals surface area contributed by atoms with Crippen LogP contribution in [0.5, 0.6) is 0 Å². The fourth-order valence-corrected chi connectivity index (χ4v) is 5.50. The van der Waals surface area contributed by atoms with Crippen molar-refractivity contribution in [1.82, 2.24) is 4.57 Å². The number of carbonyl (C=O) groups excluding carboxylic acids is 1. The predicted molar refractivity (Wildman–Crippen MR) is 136 cm³/mol. The second-order valence-electron chi connectivity index (χ2n) is 8.90. The van der Waals surface area contributed by atoms with Crippen molar-refractivity contribution in [1.29, 1.82) is 0 Å². The normalized spacial score (nSPS) is 16.8. The molecule has 1 aromatic heterocycles. The summed E-state index contributed by atoms with van der Waals surface area (Å²) in [4.78, 5) is 13.7. The molecule has 0 saturated heterocycles. The van der Waals surface area contributed by atoms with E-state index in [0.717, 1.165) is 33.8 Å². The zero-order valence-electron chi connectivity index (χ0n) is 18.0. The minimum atomic E-state index is -0.124. The number of aromatic nitrogens is 1. The molecule has 2 heteroatoms. The SMILES string of the molecule is O=C1C2CC=CC=C2c2cc(-c3ccccc3)cc3c4cc(-c5ccccc5)ccc4n1c23. The monoisotopic (exact) mass is 423 g/mol. The van der Waals surface area contributed by atoms with Crippen molar-refractivity contribution in [3.63, 3.8) is 0 Å². The van der Waals surface area contributed by atoms with Gasteiger partial charge in [-0.25, -0.2) is 0 Å². The molecule has 2 nitrogen and oxygen atoms in total. The van der Waals surface area contributed by atoms with E-state index in [4.69, 9.17) is 0 Å². The largest absolute Gasteiger partial charge is 0.279 e. The summed E-state index contributed by atoms with van der Waals surface area (Å²) in [7, 11) is 0. The molecule has 4 aromatic carbocycles. The third-order valence-electron chi connectivity index (χ3n) is 7.06. The number of allylic oxidation sites excluding steroid dienone is 4.